The van der Waals surface area contributed by atoms with Gasteiger partial charge < -0.3 is 10.1 Å². The molecule has 6 nitrogen and oxygen atoms in total. The average Bonchev–Trinajstić information content (AvgIpc) is 2.28. The minimum absolute atomic E-state index is 0.0842. The Balaban J connectivity index is 2.73. The molecule has 0 heterocycles. The van der Waals surface area contributed by atoms with E-state index in [0.29, 0.717) is 11.0 Å². The first-order valence-electron chi connectivity index (χ1n) is 4.88. The van der Waals surface area contributed by atoms with Crippen molar-refractivity contribution in [3.8, 4) is 5.75 Å². The highest BCUT2D eigenvalue weighted by Gasteiger charge is 2.11. The minimum atomic E-state index is -0.522. The first-order chi connectivity index (χ1) is 8.04. The molecule has 0 radical (unpaired) electrons. The maximum atomic E-state index is 11.2. The van der Waals surface area contributed by atoms with E-state index in [-0.39, 0.29) is 24.0 Å². The van der Waals surface area contributed by atoms with Crippen molar-refractivity contribution in [2.24, 2.45) is 0 Å². The molecule has 0 spiro atoms. The lowest BCUT2D eigenvalue weighted by atomic mass is 10.3. The number of hydrogen-bond acceptors (Lipinski definition) is 4. The molecule has 0 saturated carbocycles. The Bertz CT molecular complexity index is 436. The quantitative estimate of drug-likeness (QED) is 0.665. The van der Waals surface area contributed by atoms with Crippen LogP contribution in [0.25, 0.3) is 0 Å². The molecule has 0 saturated heterocycles. The lowest BCUT2D eigenvalue weighted by molar-refractivity contribution is -0.385. The van der Waals surface area contributed by atoms with E-state index in [2.05, 4.69) is 21.2 Å². The Morgan fingerprint density at radius 2 is 2.29 bits per heavy atom. The number of carbonyl (C=O) groups is 1. The zero-order valence-electron chi connectivity index (χ0n) is 9.10. The van der Waals surface area contributed by atoms with Crippen LogP contribution in [-0.2, 0) is 4.79 Å². The highest BCUT2D eigenvalue weighted by Crippen LogP contribution is 2.29. The van der Waals surface area contributed by atoms with Gasteiger partial charge in [-0.05, 0) is 28.9 Å². The zero-order chi connectivity index (χ0) is 12.8. The lowest BCUT2D eigenvalue weighted by Crippen LogP contribution is -2.28. The fourth-order valence-corrected chi connectivity index (χ4v) is 1.47. The van der Waals surface area contributed by atoms with Gasteiger partial charge in [-0.2, -0.15) is 0 Å². The van der Waals surface area contributed by atoms with Crippen LogP contribution in [0.1, 0.15) is 6.92 Å². The Hall–Kier alpha value is -1.63. The number of nitrogens with zero attached hydrogens (tertiary/aromatic N) is 1. The molecule has 0 unspecified atom stereocenters. The Kier molecular flexibility index (Phi) is 4.89. The number of non-ortho nitro benzene ring substituents is 1. The third-order valence-electron chi connectivity index (χ3n) is 1.86. The number of benzene rings is 1. The number of rotatable bonds is 5. The van der Waals surface area contributed by atoms with Gasteiger partial charge in [0.15, 0.2) is 6.61 Å². The maximum Gasteiger partial charge on any atom is 0.273 e. The van der Waals surface area contributed by atoms with E-state index in [0.717, 1.165) is 0 Å². The van der Waals surface area contributed by atoms with Gasteiger partial charge in [-0.15, -0.1) is 0 Å². The van der Waals surface area contributed by atoms with Gasteiger partial charge >= 0.3 is 0 Å². The molecule has 92 valence electrons. The van der Waals surface area contributed by atoms with Crippen molar-refractivity contribution in [1.29, 1.82) is 0 Å². The molecule has 1 N–H and O–H groups in total. The van der Waals surface area contributed by atoms with E-state index in [9.17, 15) is 14.9 Å². The molecule has 0 aliphatic rings. The fraction of sp³-hybridized carbons (Fsp3) is 0.300. The van der Waals surface area contributed by atoms with Crippen molar-refractivity contribution >= 4 is 27.5 Å². The Morgan fingerprint density at radius 3 is 2.88 bits per heavy atom. The van der Waals surface area contributed by atoms with Crippen LogP contribution >= 0.6 is 15.9 Å². The number of nitro benzene ring substituents is 1. The second-order valence-corrected chi connectivity index (χ2v) is 3.97. The number of carbonyl (C=O) groups excluding carboxylic acids is 1. The van der Waals surface area contributed by atoms with Crippen LogP contribution in [0.3, 0.4) is 0 Å². The predicted octanol–water partition coefficient (Wildman–Crippen LogP) is 1.87. The molecule has 1 aromatic carbocycles. The second-order valence-electron chi connectivity index (χ2n) is 3.11. The molecule has 0 bridgehead atoms. The normalized spacial score (nSPS) is 9.76. The summed E-state index contributed by atoms with van der Waals surface area (Å²) in [5.74, 6) is -0.00337. The van der Waals surface area contributed by atoms with E-state index in [1.54, 1.807) is 6.92 Å². The first-order valence-corrected chi connectivity index (χ1v) is 5.67. The standard InChI is InChI=1S/C10H11BrN2O4/c1-2-12-10(14)6-17-9-5-7(13(15)16)3-4-8(9)11/h3-5H,2,6H2,1H3,(H,12,14). The predicted molar refractivity (Wildman–Crippen MR) is 65.0 cm³/mol. The summed E-state index contributed by atoms with van der Waals surface area (Å²) in [6.45, 7) is 2.13. The third kappa shape index (κ3) is 4.03. The van der Waals surface area contributed by atoms with Crippen molar-refractivity contribution in [2.45, 2.75) is 6.92 Å². The summed E-state index contributed by atoms with van der Waals surface area (Å²) >= 11 is 3.19. The SMILES string of the molecule is CCNC(=O)COc1cc([N+](=O)[O-])ccc1Br. The summed E-state index contributed by atoms with van der Waals surface area (Å²) in [6.07, 6.45) is 0. The molecule has 1 rings (SSSR count). The summed E-state index contributed by atoms with van der Waals surface area (Å²) in [4.78, 5) is 21.2. The number of ether oxygens (including phenoxy) is 1. The number of nitrogens with one attached hydrogen (secondary N) is 1. The van der Waals surface area contributed by atoms with E-state index >= 15 is 0 Å². The van der Waals surface area contributed by atoms with Crippen LogP contribution in [-0.4, -0.2) is 24.0 Å². The van der Waals surface area contributed by atoms with Crippen molar-refractivity contribution < 1.29 is 14.5 Å². The molecular formula is C10H11BrN2O4. The third-order valence-corrected chi connectivity index (χ3v) is 2.51. The molecule has 0 aliphatic heterocycles. The van der Waals surface area contributed by atoms with Crippen molar-refractivity contribution in [2.75, 3.05) is 13.2 Å². The molecule has 0 atom stereocenters. The van der Waals surface area contributed by atoms with Gasteiger partial charge in [-0.25, -0.2) is 0 Å². The van der Waals surface area contributed by atoms with Crippen LogP contribution in [0.4, 0.5) is 5.69 Å². The summed E-state index contributed by atoms with van der Waals surface area (Å²) in [5, 5.41) is 13.1. The summed E-state index contributed by atoms with van der Waals surface area (Å²) in [5.41, 5.74) is -0.0842. The van der Waals surface area contributed by atoms with Crippen LogP contribution in [0, 0.1) is 10.1 Å². The number of nitro groups is 1. The first kappa shape index (κ1) is 13.4. The smallest absolute Gasteiger partial charge is 0.273 e. The highest BCUT2D eigenvalue weighted by atomic mass is 79.9. The summed E-state index contributed by atoms with van der Waals surface area (Å²) in [6, 6.07) is 4.12. The van der Waals surface area contributed by atoms with Gasteiger partial charge in [0, 0.05) is 12.6 Å². The highest BCUT2D eigenvalue weighted by molar-refractivity contribution is 9.10. The number of hydrogen-bond donors (Lipinski definition) is 1. The maximum absolute atomic E-state index is 11.2. The average molecular weight is 303 g/mol. The van der Waals surface area contributed by atoms with Crippen molar-refractivity contribution in [3.63, 3.8) is 0 Å². The van der Waals surface area contributed by atoms with Crippen LogP contribution in [0.2, 0.25) is 0 Å². The van der Waals surface area contributed by atoms with Crippen LogP contribution < -0.4 is 10.1 Å². The van der Waals surface area contributed by atoms with Gasteiger partial charge in [-0.1, -0.05) is 0 Å². The van der Waals surface area contributed by atoms with Gasteiger partial charge in [0.1, 0.15) is 5.75 Å². The van der Waals surface area contributed by atoms with E-state index in [4.69, 9.17) is 4.74 Å². The zero-order valence-corrected chi connectivity index (χ0v) is 10.7. The van der Waals surface area contributed by atoms with E-state index < -0.39 is 4.92 Å². The Labute approximate surface area is 106 Å². The van der Waals surface area contributed by atoms with Crippen molar-refractivity contribution in [1.82, 2.24) is 5.32 Å². The monoisotopic (exact) mass is 302 g/mol. The van der Waals surface area contributed by atoms with Gasteiger partial charge in [0.25, 0.3) is 11.6 Å². The molecule has 7 heteroatoms. The van der Waals surface area contributed by atoms with Gasteiger partial charge in [-0.3, -0.25) is 14.9 Å². The summed E-state index contributed by atoms with van der Waals surface area (Å²) in [7, 11) is 0. The van der Waals surface area contributed by atoms with Gasteiger partial charge in [0.2, 0.25) is 0 Å². The molecule has 0 fully saturated rings. The second kappa shape index (κ2) is 6.19. The summed E-state index contributed by atoms with van der Waals surface area (Å²) < 4.78 is 5.74. The minimum Gasteiger partial charge on any atom is -0.482 e. The molecule has 0 aliphatic carbocycles. The van der Waals surface area contributed by atoms with Crippen LogP contribution in [0.15, 0.2) is 22.7 Å². The lowest BCUT2D eigenvalue weighted by Gasteiger charge is -2.07. The molecule has 1 aromatic rings. The van der Waals surface area contributed by atoms with Crippen LogP contribution in [0.5, 0.6) is 5.75 Å². The topological polar surface area (TPSA) is 81.5 Å². The molecular weight excluding hydrogens is 292 g/mol. The van der Waals surface area contributed by atoms with Crippen molar-refractivity contribution in [3.05, 3.63) is 32.8 Å². The Morgan fingerprint density at radius 1 is 1.59 bits per heavy atom. The number of amides is 1. The van der Waals surface area contributed by atoms with E-state index in [1.807, 2.05) is 0 Å². The molecule has 0 aromatic heterocycles. The molecule has 1 amide bonds. The van der Waals surface area contributed by atoms with Gasteiger partial charge in [0.05, 0.1) is 15.5 Å². The molecule has 17 heavy (non-hydrogen) atoms. The number of likely N-dealkylation sites (N-methyl/N-ethyl adjacent to an activating group) is 1. The van der Waals surface area contributed by atoms with E-state index in [1.165, 1.54) is 18.2 Å². The number of halogens is 1. The largest absolute Gasteiger partial charge is 0.482 e. The fourth-order valence-electron chi connectivity index (χ4n) is 1.11.